The summed E-state index contributed by atoms with van der Waals surface area (Å²) in [5.41, 5.74) is 37.2. The standard InChI is InChI=1S/C96H74N8/c1-55-9-25-63(26-10-55)87-71-53-85(93(69-37-21-61(7)22-38-69)83-51-49-81(101-83)91(67-33-17-59(5)18-34-67)79-47-45-77(99-79)89(75-43-41-73(87)97-75)65-29-13-57(3)14-30-65)103-95(71)96-72-54-86(104-96)94(70-39-23-62(8)24-40-70)84-52-50-82(102-84)92(68-35-19-60(6)20-36-68)80-48-46-78(100-80)90(66-31-15-58(4)16-32-66)76-44-42-74(98-76)88(72)64-27-11-56(2)12-28-64/h9-54,99-100,103-104H,1-8H3. The van der Waals surface area contributed by atoms with Gasteiger partial charge in [0.25, 0.3) is 0 Å². The number of aryl methyl sites for hydroxylation is 8. The molecule has 4 N–H and O–H groups in total. The minimum Gasteiger partial charge on any atom is -0.354 e. The van der Waals surface area contributed by atoms with Crippen molar-refractivity contribution in [2.45, 2.75) is 55.4 Å². The second kappa shape index (κ2) is 25.5. The smallest absolute Gasteiger partial charge is 0.0737 e. The van der Waals surface area contributed by atoms with E-state index in [2.05, 4.69) is 354 Å². The summed E-state index contributed by atoms with van der Waals surface area (Å²) in [6.07, 6.45) is 17.6. The molecular formula is C96H74N8. The van der Waals surface area contributed by atoms with Crippen molar-refractivity contribution in [2.24, 2.45) is 20.0 Å². The van der Waals surface area contributed by atoms with Crippen LogP contribution in [-0.4, -0.2) is 42.8 Å². The third-order valence-corrected chi connectivity index (χ3v) is 20.7. The molecule has 8 heteroatoms. The zero-order chi connectivity index (χ0) is 70.4. The highest BCUT2D eigenvalue weighted by Gasteiger charge is 2.32. The molecule has 8 nitrogen and oxygen atoms in total. The first kappa shape index (κ1) is 63.2. The first-order valence-electron chi connectivity index (χ1n) is 35.7. The molecule has 18 rings (SSSR count). The van der Waals surface area contributed by atoms with Gasteiger partial charge in [-0.1, -0.05) is 239 Å². The van der Waals surface area contributed by atoms with E-state index in [1.54, 1.807) is 0 Å². The van der Waals surface area contributed by atoms with Gasteiger partial charge in [0.15, 0.2) is 0 Å². The molecule has 6 aliphatic heterocycles. The largest absolute Gasteiger partial charge is 0.354 e. The molecule has 0 saturated heterocycles. The number of rotatable bonds is 9. The van der Waals surface area contributed by atoms with E-state index >= 15 is 0 Å². The van der Waals surface area contributed by atoms with Gasteiger partial charge < -0.3 is 19.9 Å². The highest BCUT2D eigenvalue weighted by Crippen LogP contribution is 2.47. The predicted octanol–water partition coefficient (Wildman–Crippen LogP) is 18.4. The van der Waals surface area contributed by atoms with Gasteiger partial charge in [-0.25, -0.2) is 20.0 Å². The van der Waals surface area contributed by atoms with Gasteiger partial charge in [0.2, 0.25) is 0 Å². The van der Waals surface area contributed by atoms with Crippen LogP contribution in [0.15, 0.2) is 322 Å². The molecule has 0 aliphatic carbocycles. The number of benzene rings is 8. The topological polar surface area (TPSA) is 113 Å². The van der Waals surface area contributed by atoms with Crippen LogP contribution in [0.5, 0.6) is 0 Å². The summed E-state index contributed by atoms with van der Waals surface area (Å²) < 4.78 is 0. The van der Waals surface area contributed by atoms with Crippen molar-refractivity contribution < 1.29 is 0 Å². The van der Waals surface area contributed by atoms with Crippen LogP contribution in [0.2, 0.25) is 0 Å². The van der Waals surface area contributed by atoms with Gasteiger partial charge in [0.05, 0.1) is 57.0 Å². The lowest BCUT2D eigenvalue weighted by atomic mass is 9.90. The van der Waals surface area contributed by atoms with Gasteiger partial charge in [0, 0.05) is 88.5 Å². The number of fused-ring (bicyclic) bond motifs is 12. The van der Waals surface area contributed by atoms with Crippen LogP contribution in [-0.2, 0) is 0 Å². The Bertz CT molecular complexity index is 5890. The molecule has 16 bridgehead atoms. The Morgan fingerprint density at radius 3 is 0.606 bits per heavy atom. The molecule has 498 valence electrons. The molecule has 104 heavy (non-hydrogen) atoms. The summed E-state index contributed by atoms with van der Waals surface area (Å²) >= 11 is 0. The van der Waals surface area contributed by atoms with Crippen molar-refractivity contribution in [3.8, 4) is 11.4 Å². The second-order valence-electron chi connectivity index (χ2n) is 28.3. The lowest BCUT2D eigenvalue weighted by molar-refractivity contribution is 1.25. The van der Waals surface area contributed by atoms with Gasteiger partial charge in [-0.05, 0) is 185 Å². The Balaban J connectivity index is 1.00. The van der Waals surface area contributed by atoms with Gasteiger partial charge >= 0.3 is 0 Å². The third kappa shape index (κ3) is 11.5. The van der Waals surface area contributed by atoms with E-state index in [4.69, 9.17) is 20.0 Å². The fraction of sp³-hybridized carbons (Fsp3) is 0.0833. The van der Waals surface area contributed by atoms with Gasteiger partial charge in [-0.3, -0.25) is 0 Å². The van der Waals surface area contributed by atoms with E-state index in [1.165, 1.54) is 22.3 Å². The zero-order valence-corrected chi connectivity index (χ0v) is 59.3. The Morgan fingerprint density at radius 2 is 0.385 bits per heavy atom. The van der Waals surface area contributed by atoms with Crippen molar-refractivity contribution in [3.63, 3.8) is 0 Å². The SMILES string of the molecule is Cc1ccc(C2=C3C=CC(=N3)C(c3ccc(C)cc3)=c3ccc([nH]3)=C(c3ccc(C)cc3)C3=NC(=C(c4ccc(C)cc4)c4cc2[nH]c4-c2[nH]c4cc2C(c2ccc(C)cc2)=C2C=CC(=N2)C(c2ccc(C)cc2)=c2ccc([nH]2)=C(c2ccc(C)cc2)C2=NC(=C4c4ccc(C)cc4)C=C2)C=C3)cc1. The Labute approximate surface area is 605 Å². The molecule has 0 saturated carbocycles. The minimum atomic E-state index is 0.813. The Morgan fingerprint density at radius 1 is 0.192 bits per heavy atom. The number of nitrogens with one attached hydrogen (secondary N) is 4. The first-order chi connectivity index (χ1) is 50.7. The van der Waals surface area contributed by atoms with E-state index < -0.39 is 0 Å². The molecule has 0 spiro atoms. The lowest BCUT2D eigenvalue weighted by Gasteiger charge is -2.15. The van der Waals surface area contributed by atoms with Crippen LogP contribution in [0.3, 0.4) is 0 Å². The van der Waals surface area contributed by atoms with Gasteiger partial charge in [-0.15, -0.1) is 0 Å². The van der Waals surface area contributed by atoms with Crippen LogP contribution in [0, 0.1) is 55.4 Å². The van der Waals surface area contributed by atoms with E-state index in [0.29, 0.717) is 0 Å². The normalized spacial score (nSPS) is 15.3. The number of hydrogen-bond donors (Lipinski definition) is 4. The van der Waals surface area contributed by atoms with Gasteiger partial charge in [-0.2, -0.15) is 0 Å². The van der Waals surface area contributed by atoms with E-state index in [0.717, 1.165) is 212 Å². The fourth-order valence-corrected chi connectivity index (χ4v) is 15.2. The number of aliphatic imine (C=N–C) groups is 4. The third-order valence-electron chi connectivity index (χ3n) is 20.7. The van der Waals surface area contributed by atoms with Crippen LogP contribution < -0.4 is 21.4 Å². The lowest BCUT2D eigenvalue weighted by Crippen LogP contribution is -2.21. The highest BCUT2D eigenvalue weighted by atomic mass is 14.9. The summed E-state index contributed by atoms with van der Waals surface area (Å²) in [5.74, 6) is 0. The van der Waals surface area contributed by atoms with Crippen molar-refractivity contribution in [2.75, 3.05) is 0 Å². The Kier molecular flexibility index (Phi) is 15.5. The maximum atomic E-state index is 5.90. The average molecular weight is 1340 g/mol. The number of aromatic amines is 4. The predicted molar refractivity (Wildman–Crippen MR) is 431 cm³/mol. The molecule has 0 amide bonds. The average Bonchev–Trinajstić information content (AvgIpc) is 1.58. The quantitative estimate of drug-likeness (QED) is 0.110. The minimum absolute atomic E-state index is 0.813. The molecule has 0 fully saturated rings. The molecular weight excluding hydrogens is 1270 g/mol. The molecule has 6 aliphatic rings. The van der Waals surface area contributed by atoms with E-state index in [1.807, 2.05) is 0 Å². The monoisotopic (exact) mass is 1340 g/mol. The van der Waals surface area contributed by atoms with E-state index in [-0.39, 0.29) is 0 Å². The van der Waals surface area contributed by atoms with Crippen LogP contribution in [0.4, 0.5) is 0 Å². The molecule has 12 aromatic rings. The van der Waals surface area contributed by atoms with Crippen LogP contribution in [0.1, 0.15) is 112 Å². The van der Waals surface area contributed by atoms with Crippen molar-refractivity contribution >= 4 is 67.4 Å². The summed E-state index contributed by atoms with van der Waals surface area (Å²) in [6, 6.07) is 84.3. The molecule has 8 aromatic carbocycles. The maximum absolute atomic E-state index is 5.90. The highest BCUT2D eigenvalue weighted by molar-refractivity contribution is 6.33. The summed E-state index contributed by atoms with van der Waals surface area (Å²) in [5, 5.41) is 3.78. The fourth-order valence-electron chi connectivity index (χ4n) is 15.2. The second-order valence-corrected chi connectivity index (χ2v) is 28.3. The number of hydrogen-bond acceptors (Lipinski definition) is 4. The molecule has 0 atom stereocenters. The van der Waals surface area contributed by atoms with Crippen LogP contribution in [0.25, 0.3) is 56.0 Å². The maximum Gasteiger partial charge on any atom is 0.0737 e. The van der Waals surface area contributed by atoms with Crippen molar-refractivity contribution in [3.05, 3.63) is 435 Å². The molecule has 4 aromatic heterocycles. The van der Waals surface area contributed by atoms with Crippen molar-refractivity contribution in [1.29, 1.82) is 0 Å². The zero-order valence-electron chi connectivity index (χ0n) is 59.3. The number of aromatic nitrogens is 4. The molecule has 0 unspecified atom stereocenters. The number of H-pyrrole nitrogens is 4. The molecule has 10 heterocycles. The summed E-state index contributed by atoms with van der Waals surface area (Å²) in [7, 11) is 0. The Hall–Kier alpha value is -13.0. The van der Waals surface area contributed by atoms with Crippen molar-refractivity contribution in [1.82, 2.24) is 19.9 Å². The summed E-state index contributed by atoms with van der Waals surface area (Å²) in [4.78, 5) is 40.0. The first-order valence-corrected chi connectivity index (χ1v) is 35.7. The van der Waals surface area contributed by atoms with Crippen LogP contribution >= 0.6 is 0 Å². The summed E-state index contributed by atoms with van der Waals surface area (Å²) in [6.45, 7) is 17.1. The van der Waals surface area contributed by atoms with Gasteiger partial charge in [0.1, 0.15) is 0 Å². The van der Waals surface area contributed by atoms with E-state index in [9.17, 15) is 0 Å². The molecule has 0 radical (unpaired) electrons. The number of nitrogens with zero attached hydrogens (tertiary/aromatic N) is 4. The number of allylic oxidation sites excluding steroid dienone is 8.